The fourth-order valence-corrected chi connectivity index (χ4v) is 3.26. The molecule has 4 nitrogen and oxygen atoms in total. The molecule has 2 N–H and O–H groups in total. The Kier molecular flexibility index (Phi) is 2.55. The highest BCUT2D eigenvalue weighted by Crippen LogP contribution is 2.36. The van der Waals surface area contributed by atoms with Gasteiger partial charge in [0, 0.05) is 29.8 Å². The number of nitrogens with zero attached hydrogens (tertiary/aromatic N) is 2. The summed E-state index contributed by atoms with van der Waals surface area (Å²) >= 11 is 0. The normalized spacial score (nSPS) is 18.1. The lowest BCUT2D eigenvalue weighted by Gasteiger charge is -2.24. The van der Waals surface area contributed by atoms with E-state index in [2.05, 4.69) is 39.7 Å². The van der Waals surface area contributed by atoms with E-state index in [9.17, 15) is 0 Å². The summed E-state index contributed by atoms with van der Waals surface area (Å²) in [6.07, 6.45) is 7.47. The zero-order valence-corrected chi connectivity index (χ0v) is 11.6. The van der Waals surface area contributed by atoms with Crippen LogP contribution in [0, 0.1) is 0 Å². The molecule has 0 saturated heterocycles. The van der Waals surface area contributed by atoms with Crippen LogP contribution in [0.15, 0.2) is 36.7 Å². The highest BCUT2D eigenvalue weighted by molar-refractivity contribution is 5.85. The zero-order valence-electron chi connectivity index (χ0n) is 11.6. The van der Waals surface area contributed by atoms with Gasteiger partial charge in [-0.3, -0.25) is 4.68 Å². The SMILES string of the molecule is Cn1cc(NC2CCCc3c2[nH]c2ccccc32)cn1. The highest BCUT2D eigenvalue weighted by atomic mass is 15.3. The summed E-state index contributed by atoms with van der Waals surface area (Å²) in [4.78, 5) is 3.60. The number of aromatic amines is 1. The van der Waals surface area contributed by atoms with E-state index in [0.29, 0.717) is 6.04 Å². The van der Waals surface area contributed by atoms with Crippen LogP contribution >= 0.6 is 0 Å². The summed E-state index contributed by atoms with van der Waals surface area (Å²) in [6.45, 7) is 0. The molecule has 1 aliphatic rings. The van der Waals surface area contributed by atoms with Gasteiger partial charge in [-0.1, -0.05) is 18.2 Å². The Bertz CT molecular complexity index is 753. The zero-order chi connectivity index (χ0) is 13.5. The minimum atomic E-state index is 0.357. The van der Waals surface area contributed by atoms with Crippen LogP contribution in [0.25, 0.3) is 10.9 Å². The van der Waals surface area contributed by atoms with Gasteiger partial charge in [-0.2, -0.15) is 5.10 Å². The molecule has 20 heavy (non-hydrogen) atoms. The van der Waals surface area contributed by atoms with Crippen LogP contribution in [0.1, 0.15) is 30.1 Å². The van der Waals surface area contributed by atoms with Crippen LogP contribution in [0.3, 0.4) is 0 Å². The van der Waals surface area contributed by atoms with E-state index in [1.807, 2.05) is 24.1 Å². The van der Waals surface area contributed by atoms with Crippen molar-refractivity contribution in [2.75, 3.05) is 5.32 Å². The largest absolute Gasteiger partial charge is 0.374 e. The van der Waals surface area contributed by atoms with E-state index in [-0.39, 0.29) is 0 Å². The second kappa shape index (κ2) is 4.40. The van der Waals surface area contributed by atoms with Gasteiger partial charge in [0.2, 0.25) is 0 Å². The number of aryl methyl sites for hydroxylation is 2. The first-order valence-corrected chi connectivity index (χ1v) is 7.16. The Morgan fingerprint density at radius 2 is 2.25 bits per heavy atom. The van der Waals surface area contributed by atoms with Gasteiger partial charge in [-0.25, -0.2) is 0 Å². The average Bonchev–Trinajstić information content (AvgIpc) is 3.03. The van der Waals surface area contributed by atoms with Crippen molar-refractivity contribution in [3.05, 3.63) is 47.9 Å². The number of para-hydroxylation sites is 1. The lowest BCUT2D eigenvalue weighted by molar-refractivity contribution is 0.592. The maximum Gasteiger partial charge on any atom is 0.0731 e. The maximum atomic E-state index is 4.22. The third kappa shape index (κ3) is 1.80. The lowest BCUT2D eigenvalue weighted by Crippen LogP contribution is -2.16. The number of rotatable bonds is 2. The molecule has 2 aromatic heterocycles. The Balaban J connectivity index is 1.74. The summed E-state index contributed by atoms with van der Waals surface area (Å²) in [5.41, 5.74) is 5.16. The van der Waals surface area contributed by atoms with Gasteiger partial charge in [-0.05, 0) is 30.9 Å². The highest BCUT2D eigenvalue weighted by Gasteiger charge is 2.24. The molecule has 0 aliphatic heterocycles. The second-order valence-electron chi connectivity index (χ2n) is 5.55. The number of aromatic nitrogens is 3. The van der Waals surface area contributed by atoms with Gasteiger partial charge in [0.15, 0.2) is 0 Å². The first-order chi connectivity index (χ1) is 9.81. The Labute approximate surface area is 117 Å². The second-order valence-corrected chi connectivity index (χ2v) is 5.55. The van der Waals surface area contributed by atoms with Gasteiger partial charge >= 0.3 is 0 Å². The fourth-order valence-electron chi connectivity index (χ4n) is 3.26. The predicted octanol–water partition coefficient (Wildman–Crippen LogP) is 3.39. The van der Waals surface area contributed by atoms with Gasteiger partial charge in [0.25, 0.3) is 0 Å². The minimum Gasteiger partial charge on any atom is -0.374 e. The molecule has 1 unspecified atom stereocenters. The topological polar surface area (TPSA) is 45.6 Å². The Morgan fingerprint density at radius 1 is 1.35 bits per heavy atom. The van der Waals surface area contributed by atoms with Crippen LogP contribution in [0.4, 0.5) is 5.69 Å². The first kappa shape index (κ1) is 11.6. The summed E-state index contributed by atoms with van der Waals surface area (Å²) in [5, 5.41) is 9.20. The Morgan fingerprint density at radius 3 is 3.10 bits per heavy atom. The standard InChI is InChI=1S/C16H18N4/c1-20-10-11(9-17-20)18-15-8-4-6-13-12-5-2-3-7-14(12)19-16(13)15/h2-3,5,7,9-10,15,18-19H,4,6,8H2,1H3. The molecule has 2 heterocycles. The smallest absolute Gasteiger partial charge is 0.0731 e. The number of anilines is 1. The van der Waals surface area contributed by atoms with Crippen molar-refractivity contribution in [1.82, 2.24) is 14.8 Å². The van der Waals surface area contributed by atoms with Crippen molar-refractivity contribution in [3.8, 4) is 0 Å². The van der Waals surface area contributed by atoms with Crippen LogP contribution in [0.2, 0.25) is 0 Å². The molecule has 4 heteroatoms. The molecule has 0 amide bonds. The van der Waals surface area contributed by atoms with Crippen LogP contribution in [0.5, 0.6) is 0 Å². The van der Waals surface area contributed by atoms with Crippen molar-refractivity contribution >= 4 is 16.6 Å². The third-order valence-corrected chi connectivity index (χ3v) is 4.16. The van der Waals surface area contributed by atoms with Crippen molar-refractivity contribution < 1.29 is 0 Å². The van der Waals surface area contributed by atoms with Crippen LogP contribution < -0.4 is 5.32 Å². The number of hydrogen-bond acceptors (Lipinski definition) is 2. The van der Waals surface area contributed by atoms with Gasteiger partial charge in [0.1, 0.15) is 0 Å². The van der Waals surface area contributed by atoms with Crippen molar-refractivity contribution in [1.29, 1.82) is 0 Å². The molecule has 0 spiro atoms. The number of H-pyrrole nitrogens is 1. The van der Waals surface area contributed by atoms with Crippen molar-refractivity contribution in [3.63, 3.8) is 0 Å². The van der Waals surface area contributed by atoms with Crippen molar-refractivity contribution in [2.45, 2.75) is 25.3 Å². The molecule has 102 valence electrons. The van der Waals surface area contributed by atoms with E-state index < -0.39 is 0 Å². The summed E-state index contributed by atoms with van der Waals surface area (Å²) in [6, 6.07) is 8.95. The quantitative estimate of drug-likeness (QED) is 0.747. The Hall–Kier alpha value is -2.23. The summed E-state index contributed by atoms with van der Waals surface area (Å²) in [7, 11) is 1.94. The van der Waals surface area contributed by atoms with E-state index in [1.165, 1.54) is 35.0 Å². The van der Waals surface area contributed by atoms with E-state index in [4.69, 9.17) is 0 Å². The molecule has 1 aliphatic carbocycles. The molecule has 0 saturated carbocycles. The molecule has 1 aromatic carbocycles. The maximum absolute atomic E-state index is 4.22. The van der Waals surface area contributed by atoms with Crippen molar-refractivity contribution in [2.24, 2.45) is 7.05 Å². The minimum absolute atomic E-state index is 0.357. The van der Waals surface area contributed by atoms with E-state index in [1.54, 1.807) is 0 Å². The number of benzene rings is 1. The van der Waals surface area contributed by atoms with Crippen LogP contribution in [-0.4, -0.2) is 14.8 Å². The fraction of sp³-hybridized carbons (Fsp3) is 0.312. The third-order valence-electron chi connectivity index (χ3n) is 4.16. The molecule has 0 bridgehead atoms. The lowest BCUT2D eigenvalue weighted by atomic mass is 9.91. The van der Waals surface area contributed by atoms with Crippen LogP contribution in [-0.2, 0) is 13.5 Å². The molecule has 3 aromatic rings. The van der Waals surface area contributed by atoms with Gasteiger partial charge < -0.3 is 10.3 Å². The number of nitrogens with one attached hydrogen (secondary N) is 2. The average molecular weight is 266 g/mol. The molecule has 0 fully saturated rings. The molecule has 1 atom stereocenters. The molecular formula is C16H18N4. The van der Waals surface area contributed by atoms with E-state index in [0.717, 1.165) is 12.1 Å². The van der Waals surface area contributed by atoms with Gasteiger partial charge in [0.05, 0.1) is 17.9 Å². The number of hydrogen-bond donors (Lipinski definition) is 2. The molecular weight excluding hydrogens is 248 g/mol. The molecule has 4 rings (SSSR count). The predicted molar refractivity (Wildman–Crippen MR) is 80.8 cm³/mol. The number of fused-ring (bicyclic) bond motifs is 3. The van der Waals surface area contributed by atoms with E-state index >= 15 is 0 Å². The molecule has 0 radical (unpaired) electrons. The van der Waals surface area contributed by atoms with Gasteiger partial charge in [-0.15, -0.1) is 0 Å². The summed E-state index contributed by atoms with van der Waals surface area (Å²) in [5.74, 6) is 0. The summed E-state index contributed by atoms with van der Waals surface area (Å²) < 4.78 is 1.83. The first-order valence-electron chi connectivity index (χ1n) is 7.16. The monoisotopic (exact) mass is 266 g/mol.